The van der Waals surface area contributed by atoms with Crippen LogP contribution in [0.3, 0.4) is 0 Å². The monoisotopic (exact) mass is 610 g/mol. The molecule has 1 amide bonds. The highest BCUT2D eigenvalue weighted by molar-refractivity contribution is 6.36. The summed E-state index contributed by atoms with van der Waals surface area (Å²) in [4.78, 5) is 45.1. The number of rotatable bonds is 4. The molecule has 12 heteroatoms. The molecule has 44 heavy (non-hydrogen) atoms. The molecule has 1 N–H and O–H groups in total. The van der Waals surface area contributed by atoms with E-state index in [-0.39, 0.29) is 24.5 Å². The van der Waals surface area contributed by atoms with Crippen LogP contribution in [-0.2, 0) is 4.79 Å². The summed E-state index contributed by atoms with van der Waals surface area (Å²) in [5.74, 6) is 0.702. The van der Waals surface area contributed by atoms with Gasteiger partial charge in [0.25, 0.3) is 0 Å². The lowest BCUT2D eigenvalue weighted by molar-refractivity contribution is -0.126. The van der Waals surface area contributed by atoms with Crippen molar-refractivity contribution in [2.24, 2.45) is 0 Å². The van der Waals surface area contributed by atoms with E-state index in [1.807, 2.05) is 50.8 Å². The second kappa shape index (κ2) is 10.4. The minimum atomic E-state index is -0.485. The summed E-state index contributed by atoms with van der Waals surface area (Å²) in [5, 5.41) is 8.98. The molecule has 4 aromatic heterocycles. The molecule has 0 radical (unpaired) electrons. The Labute approximate surface area is 258 Å². The van der Waals surface area contributed by atoms with E-state index < -0.39 is 5.69 Å². The number of carbonyl (C=O) groups is 1. The number of carbonyl (C=O) groups excluding carboxylic acids is 1. The Bertz CT molecular complexity index is 2070. The zero-order valence-electron chi connectivity index (χ0n) is 24.9. The Kier molecular flexibility index (Phi) is 6.65. The molecule has 1 saturated heterocycles. The molecule has 2 aliphatic heterocycles. The minimum Gasteiger partial charge on any atom is -0.489 e. The van der Waals surface area contributed by atoms with Crippen LogP contribution in [0.4, 0.5) is 5.82 Å². The lowest BCUT2D eigenvalue weighted by Crippen LogP contribution is -2.56. The molecule has 2 aliphatic rings. The van der Waals surface area contributed by atoms with Crippen molar-refractivity contribution in [3.63, 3.8) is 0 Å². The van der Waals surface area contributed by atoms with Gasteiger partial charge in [-0.3, -0.25) is 14.9 Å². The van der Waals surface area contributed by atoms with Crippen molar-refractivity contribution in [1.29, 1.82) is 0 Å². The number of nitrogens with zero attached hydrogens (tertiary/aromatic N) is 7. The van der Waals surface area contributed by atoms with E-state index >= 15 is 0 Å². The van der Waals surface area contributed by atoms with E-state index in [9.17, 15) is 9.59 Å². The number of ether oxygens (including phenoxy) is 1. The van der Waals surface area contributed by atoms with Crippen LogP contribution < -0.4 is 15.3 Å². The van der Waals surface area contributed by atoms with Gasteiger partial charge in [-0.25, -0.2) is 14.3 Å². The SMILES string of the molecule is C=CC(=O)N1CCN2c3nc(=O)n(-c4c(C)ccnc4C(C)C)c4nc(-c5c(C)ccc6[nH]ncc56)c(Cl)c(c34)OCC2C1. The first-order valence-electron chi connectivity index (χ1n) is 14.6. The summed E-state index contributed by atoms with van der Waals surface area (Å²) in [6.45, 7) is 13.2. The van der Waals surface area contributed by atoms with Crippen molar-refractivity contribution in [2.75, 3.05) is 31.1 Å². The Morgan fingerprint density at radius 1 is 1.18 bits per heavy atom. The zero-order valence-corrected chi connectivity index (χ0v) is 25.6. The molecule has 7 rings (SSSR count). The van der Waals surface area contributed by atoms with Crippen molar-refractivity contribution in [3.8, 4) is 22.7 Å². The van der Waals surface area contributed by atoms with Crippen LogP contribution in [0.5, 0.6) is 5.75 Å². The summed E-state index contributed by atoms with van der Waals surface area (Å²) >= 11 is 7.25. The van der Waals surface area contributed by atoms with Gasteiger partial charge in [-0.05, 0) is 49.1 Å². The Morgan fingerprint density at radius 3 is 2.77 bits per heavy atom. The van der Waals surface area contributed by atoms with Crippen LogP contribution in [0.25, 0.3) is 38.9 Å². The third kappa shape index (κ3) is 4.17. The fraction of sp³-hybridized carbons (Fsp3) is 0.312. The van der Waals surface area contributed by atoms with Gasteiger partial charge in [0.2, 0.25) is 5.91 Å². The highest BCUT2D eigenvalue weighted by Gasteiger charge is 2.37. The third-order valence-corrected chi connectivity index (χ3v) is 8.91. The maximum Gasteiger partial charge on any atom is 0.355 e. The van der Waals surface area contributed by atoms with E-state index in [0.717, 1.165) is 33.3 Å². The third-order valence-electron chi connectivity index (χ3n) is 8.56. The lowest BCUT2D eigenvalue weighted by Gasteiger charge is -2.40. The van der Waals surface area contributed by atoms with Gasteiger partial charge in [0.05, 0.1) is 34.8 Å². The molecule has 1 atom stereocenters. The van der Waals surface area contributed by atoms with Gasteiger partial charge >= 0.3 is 5.69 Å². The number of halogens is 1. The number of amides is 1. The lowest BCUT2D eigenvalue weighted by atomic mass is 10.00. The number of nitrogens with one attached hydrogen (secondary N) is 1. The van der Waals surface area contributed by atoms with E-state index in [0.29, 0.717) is 58.6 Å². The summed E-state index contributed by atoms with van der Waals surface area (Å²) in [6, 6.07) is 5.55. The molecule has 0 aliphatic carbocycles. The van der Waals surface area contributed by atoms with Crippen LogP contribution >= 0.6 is 11.6 Å². The number of piperazine rings is 1. The highest BCUT2D eigenvalue weighted by Crippen LogP contribution is 2.46. The van der Waals surface area contributed by atoms with Gasteiger partial charge in [0, 0.05) is 36.8 Å². The van der Waals surface area contributed by atoms with Crippen molar-refractivity contribution < 1.29 is 9.53 Å². The maximum atomic E-state index is 14.2. The number of anilines is 1. The number of aryl methyl sites for hydroxylation is 2. The van der Waals surface area contributed by atoms with Gasteiger partial charge in [-0.1, -0.05) is 38.1 Å². The second-order valence-electron chi connectivity index (χ2n) is 11.6. The summed E-state index contributed by atoms with van der Waals surface area (Å²) in [5.41, 5.74) is 5.17. The van der Waals surface area contributed by atoms with Gasteiger partial charge in [-0.15, -0.1) is 0 Å². The Morgan fingerprint density at radius 2 is 2.00 bits per heavy atom. The molecule has 6 heterocycles. The molecule has 1 fully saturated rings. The van der Waals surface area contributed by atoms with Crippen LogP contribution in [0.1, 0.15) is 36.6 Å². The molecular formula is C32H31ClN8O3. The molecule has 0 saturated carbocycles. The van der Waals surface area contributed by atoms with Gasteiger partial charge in [0.15, 0.2) is 11.4 Å². The van der Waals surface area contributed by atoms with Gasteiger partial charge in [-0.2, -0.15) is 10.1 Å². The summed E-state index contributed by atoms with van der Waals surface area (Å²) in [7, 11) is 0. The van der Waals surface area contributed by atoms with Crippen LogP contribution in [0, 0.1) is 13.8 Å². The average molecular weight is 611 g/mol. The number of aromatic nitrogens is 6. The van der Waals surface area contributed by atoms with Crippen molar-refractivity contribution >= 4 is 45.3 Å². The number of pyridine rings is 2. The van der Waals surface area contributed by atoms with E-state index in [1.54, 1.807) is 21.9 Å². The van der Waals surface area contributed by atoms with Gasteiger partial charge < -0.3 is 14.5 Å². The number of aromatic amines is 1. The largest absolute Gasteiger partial charge is 0.489 e. The number of hydrogen-bond donors (Lipinski definition) is 1. The molecule has 5 aromatic rings. The summed E-state index contributed by atoms with van der Waals surface area (Å²) in [6.07, 6.45) is 4.81. The number of H-pyrrole nitrogens is 1. The smallest absolute Gasteiger partial charge is 0.355 e. The average Bonchev–Trinajstić information content (AvgIpc) is 3.42. The molecular weight excluding hydrogens is 580 g/mol. The maximum absolute atomic E-state index is 14.2. The Hall–Kier alpha value is -4.77. The quantitative estimate of drug-likeness (QED) is 0.290. The molecule has 0 bridgehead atoms. The standard InChI is InChI=1S/C32H31ClN8O3/c1-6-22(42)39-11-12-40-19(14-39)15-44-29-24-30(40)37-32(43)41(28-18(5)9-10-34-26(28)16(2)3)31(24)36-27(25(29)33)23-17(4)7-8-21-20(23)13-35-38-21/h6-10,13,16,19H,1,11-12,14-15H2,2-5H3,(H,35,38). The number of fused-ring (bicyclic) bond motifs is 3. The fourth-order valence-electron chi connectivity index (χ4n) is 6.40. The predicted molar refractivity (Wildman–Crippen MR) is 170 cm³/mol. The first kappa shape index (κ1) is 28.0. The second-order valence-corrected chi connectivity index (χ2v) is 12.0. The van der Waals surface area contributed by atoms with Crippen molar-refractivity contribution in [2.45, 2.75) is 39.7 Å². The molecule has 11 nitrogen and oxygen atoms in total. The summed E-state index contributed by atoms with van der Waals surface area (Å²) < 4.78 is 8.09. The van der Waals surface area contributed by atoms with Crippen LogP contribution in [0.2, 0.25) is 5.02 Å². The molecule has 224 valence electrons. The number of hydrogen-bond acceptors (Lipinski definition) is 8. The van der Waals surface area contributed by atoms with E-state index in [2.05, 4.69) is 26.7 Å². The number of benzene rings is 1. The molecule has 1 aromatic carbocycles. The van der Waals surface area contributed by atoms with Gasteiger partial charge in [0.1, 0.15) is 22.8 Å². The predicted octanol–water partition coefficient (Wildman–Crippen LogP) is 4.71. The minimum absolute atomic E-state index is 0.0199. The van der Waals surface area contributed by atoms with Crippen molar-refractivity contribution in [3.05, 3.63) is 75.6 Å². The highest BCUT2D eigenvalue weighted by atomic mass is 35.5. The topological polar surface area (TPSA) is 122 Å². The van der Waals surface area contributed by atoms with Crippen molar-refractivity contribution in [1.82, 2.24) is 34.6 Å². The van der Waals surface area contributed by atoms with E-state index in [1.165, 1.54) is 6.08 Å². The molecule has 0 spiro atoms. The fourth-order valence-corrected chi connectivity index (χ4v) is 6.69. The molecule has 1 unspecified atom stereocenters. The van der Waals surface area contributed by atoms with Crippen LogP contribution in [0.15, 0.2) is 48.0 Å². The first-order chi connectivity index (χ1) is 21.2. The zero-order chi connectivity index (χ0) is 30.9. The van der Waals surface area contributed by atoms with Crippen LogP contribution in [-0.4, -0.2) is 72.8 Å². The van der Waals surface area contributed by atoms with E-state index in [4.69, 9.17) is 21.3 Å². The Balaban J connectivity index is 1.59. The first-order valence-corrected chi connectivity index (χ1v) is 14.9. The normalized spacial score (nSPS) is 16.3.